The molecule has 12 heteroatoms. The number of aromatic amines is 1. The quantitative estimate of drug-likeness (QED) is 0.319. The van der Waals surface area contributed by atoms with Crippen molar-refractivity contribution >= 4 is 29.4 Å². The summed E-state index contributed by atoms with van der Waals surface area (Å²) >= 11 is 0. The number of carbonyl (C=O) groups excluding carboxylic acids is 4. The molecule has 2 aliphatic heterocycles. The summed E-state index contributed by atoms with van der Waals surface area (Å²) in [5, 5.41) is 10.9. The fraction of sp³-hybridized carbons (Fsp3) is 0.278. The van der Waals surface area contributed by atoms with E-state index in [1.54, 1.807) is 0 Å². The summed E-state index contributed by atoms with van der Waals surface area (Å²) in [5.74, 6) is -2.82. The number of nitro groups is 1. The van der Waals surface area contributed by atoms with E-state index >= 15 is 0 Å². The van der Waals surface area contributed by atoms with Crippen LogP contribution in [-0.4, -0.2) is 68.1 Å². The lowest BCUT2D eigenvalue weighted by Crippen LogP contribution is -2.52. The molecule has 2 aliphatic rings. The van der Waals surface area contributed by atoms with Crippen molar-refractivity contribution in [1.29, 1.82) is 0 Å². The van der Waals surface area contributed by atoms with Gasteiger partial charge in [-0.3, -0.25) is 29.4 Å². The van der Waals surface area contributed by atoms with Gasteiger partial charge in [-0.25, -0.2) is 9.78 Å². The number of nitrogens with one attached hydrogen (secondary N) is 1. The van der Waals surface area contributed by atoms with Crippen LogP contribution >= 0.6 is 0 Å². The smallest absolute Gasteiger partial charge is 0.329 e. The number of aromatic nitrogens is 2. The second-order valence-corrected chi connectivity index (χ2v) is 6.78. The summed E-state index contributed by atoms with van der Waals surface area (Å²) in [6.45, 7) is -0.584. The molecule has 0 saturated carbocycles. The highest BCUT2D eigenvalue weighted by Crippen LogP contribution is 2.28. The first-order chi connectivity index (χ1) is 14.3. The van der Waals surface area contributed by atoms with Crippen molar-refractivity contribution in [3.05, 3.63) is 57.2 Å². The molecule has 1 atom stereocenters. The summed E-state index contributed by atoms with van der Waals surface area (Å²) < 4.78 is 4.78. The number of hydrogen-bond donors (Lipinski definition) is 1. The molecule has 1 aromatic heterocycles. The van der Waals surface area contributed by atoms with Crippen LogP contribution in [0.2, 0.25) is 0 Å². The van der Waals surface area contributed by atoms with Crippen LogP contribution in [0.3, 0.4) is 0 Å². The molecule has 3 heterocycles. The van der Waals surface area contributed by atoms with Gasteiger partial charge in [0.25, 0.3) is 17.5 Å². The monoisotopic (exact) mass is 413 g/mol. The number of imide groups is 1. The minimum absolute atomic E-state index is 0.0163. The average molecular weight is 413 g/mol. The number of amides is 3. The van der Waals surface area contributed by atoms with E-state index in [0.717, 1.165) is 12.1 Å². The number of rotatable bonds is 4. The van der Waals surface area contributed by atoms with E-state index in [-0.39, 0.29) is 29.8 Å². The van der Waals surface area contributed by atoms with Crippen LogP contribution in [0.25, 0.3) is 0 Å². The van der Waals surface area contributed by atoms with E-state index in [0.29, 0.717) is 16.3 Å². The summed E-state index contributed by atoms with van der Waals surface area (Å²) in [4.78, 5) is 69.6. The van der Waals surface area contributed by atoms with Crippen LogP contribution in [0.1, 0.15) is 32.1 Å². The maximum atomic E-state index is 13.0. The summed E-state index contributed by atoms with van der Waals surface area (Å²) in [7, 11) is 1.20. The topological polar surface area (TPSA) is 156 Å². The van der Waals surface area contributed by atoms with E-state index < -0.39 is 41.2 Å². The average Bonchev–Trinajstić information content (AvgIpc) is 3.30. The number of nitro benzene ring substituents is 1. The second kappa shape index (κ2) is 7.06. The summed E-state index contributed by atoms with van der Waals surface area (Å²) in [6, 6.07) is 2.37. The van der Waals surface area contributed by atoms with Crippen LogP contribution in [0.5, 0.6) is 0 Å². The number of benzene rings is 1. The minimum atomic E-state index is -0.949. The highest BCUT2D eigenvalue weighted by Gasteiger charge is 2.42. The zero-order valence-corrected chi connectivity index (χ0v) is 15.7. The van der Waals surface area contributed by atoms with Gasteiger partial charge in [0, 0.05) is 18.6 Å². The molecule has 1 N–H and O–H groups in total. The predicted octanol–water partition coefficient (Wildman–Crippen LogP) is 0.0404. The highest BCUT2D eigenvalue weighted by atomic mass is 16.6. The molecule has 0 aliphatic carbocycles. The van der Waals surface area contributed by atoms with Gasteiger partial charge >= 0.3 is 5.97 Å². The lowest BCUT2D eigenvalue weighted by Gasteiger charge is -2.33. The molecule has 0 saturated heterocycles. The van der Waals surface area contributed by atoms with Gasteiger partial charge in [0.1, 0.15) is 12.6 Å². The molecule has 0 fully saturated rings. The van der Waals surface area contributed by atoms with Crippen LogP contribution in [0.4, 0.5) is 5.69 Å². The van der Waals surface area contributed by atoms with Crippen LogP contribution in [-0.2, 0) is 27.3 Å². The third kappa shape index (κ3) is 2.98. The molecular formula is C18H15N5O7. The van der Waals surface area contributed by atoms with Crippen molar-refractivity contribution in [2.75, 3.05) is 13.7 Å². The number of hydrogen-bond acceptors (Lipinski definition) is 8. The Hall–Kier alpha value is -4.09. The molecule has 0 radical (unpaired) electrons. The number of nitrogens with zero attached hydrogens (tertiary/aromatic N) is 4. The van der Waals surface area contributed by atoms with E-state index in [1.807, 2.05) is 0 Å². The first kappa shape index (κ1) is 19.2. The van der Waals surface area contributed by atoms with Crippen molar-refractivity contribution in [3.63, 3.8) is 0 Å². The van der Waals surface area contributed by atoms with E-state index in [2.05, 4.69) is 9.97 Å². The van der Waals surface area contributed by atoms with Crippen LogP contribution in [0.15, 0.2) is 24.5 Å². The molecule has 1 aromatic carbocycles. The highest BCUT2D eigenvalue weighted by molar-refractivity contribution is 6.22. The van der Waals surface area contributed by atoms with Crippen molar-refractivity contribution < 1.29 is 28.8 Å². The number of imidazole rings is 1. The third-order valence-electron chi connectivity index (χ3n) is 5.15. The zero-order valence-electron chi connectivity index (χ0n) is 15.7. The molecule has 154 valence electrons. The molecule has 2 aromatic rings. The number of fused-ring (bicyclic) bond motifs is 2. The number of ether oxygens (including phenoxy) is 1. The standard InChI is InChI=1S/C18H15N5O7/c1-30-18(27)14-5-12-13(20-8-19-12)6-21(14)15(24)7-22-16(25)10-3-2-9(23(28)29)4-11(10)17(22)26/h2-4,8,14H,5-7H2,1H3,(H,19,20). The number of H-pyrrole nitrogens is 1. The molecule has 3 amide bonds. The maximum Gasteiger partial charge on any atom is 0.329 e. The Labute approximate surface area is 168 Å². The Balaban J connectivity index is 1.58. The molecular weight excluding hydrogens is 398 g/mol. The fourth-order valence-electron chi connectivity index (χ4n) is 3.61. The Bertz CT molecular complexity index is 1110. The number of methoxy groups -OCH3 is 1. The molecule has 12 nitrogen and oxygen atoms in total. The number of non-ortho nitro benzene ring substituents is 1. The molecule has 0 bridgehead atoms. The molecule has 4 rings (SSSR count). The van der Waals surface area contributed by atoms with Gasteiger partial charge in [-0.2, -0.15) is 0 Å². The van der Waals surface area contributed by atoms with E-state index in [9.17, 15) is 29.3 Å². The molecule has 30 heavy (non-hydrogen) atoms. The van der Waals surface area contributed by atoms with Gasteiger partial charge < -0.3 is 14.6 Å². The summed E-state index contributed by atoms with van der Waals surface area (Å²) in [6.07, 6.45) is 1.58. The lowest BCUT2D eigenvalue weighted by molar-refractivity contribution is -0.384. The van der Waals surface area contributed by atoms with Crippen molar-refractivity contribution in [2.45, 2.75) is 19.0 Å². The van der Waals surface area contributed by atoms with Gasteiger partial charge in [-0.1, -0.05) is 0 Å². The zero-order chi connectivity index (χ0) is 21.6. The normalized spacial score (nSPS) is 17.6. The van der Waals surface area contributed by atoms with Gasteiger partial charge in [-0.05, 0) is 6.07 Å². The fourth-order valence-corrected chi connectivity index (χ4v) is 3.61. The minimum Gasteiger partial charge on any atom is -0.467 e. The number of esters is 1. The second-order valence-electron chi connectivity index (χ2n) is 6.78. The van der Waals surface area contributed by atoms with Gasteiger partial charge in [0.05, 0.1) is 47.4 Å². The Morgan fingerprint density at radius 3 is 2.73 bits per heavy atom. The third-order valence-corrected chi connectivity index (χ3v) is 5.15. The Morgan fingerprint density at radius 1 is 1.30 bits per heavy atom. The van der Waals surface area contributed by atoms with Crippen molar-refractivity contribution in [3.8, 4) is 0 Å². The Kier molecular flexibility index (Phi) is 4.53. The first-order valence-electron chi connectivity index (χ1n) is 8.85. The van der Waals surface area contributed by atoms with Crippen molar-refractivity contribution in [2.24, 2.45) is 0 Å². The van der Waals surface area contributed by atoms with Crippen LogP contribution < -0.4 is 0 Å². The van der Waals surface area contributed by atoms with Crippen LogP contribution in [0, 0.1) is 10.1 Å². The first-order valence-corrected chi connectivity index (χ1v) is 8.85. The maximum absolute atomic E-state index is 13.0. The molecule has 1 unspecified atom stereocenters. The predicted molar refractivity (Wildman–Crippen MR) is 97.1 cm³/mol. The van der Waals surface area contributed by atoms with Gasteiger partial charge in [0.15, 0.2) is 0 Å². The molecule has 0 spiro atoms. The lowest BCUT2D eigenvalue weighted by atomic mass is 10.0. The summed E-state index contributed by atoms with van der Waals surface area (Å²) in [5.41, 5.74) is 0.777. The van der Waals surface area contributed by atoms with E-state index in [4.69, 9.17) is 4.74 Å². The van der Waals surface area contributed by atoms with E-state index in [1.165, 1.54) is 24.4 Å². The largest absolute Gasteiger partial charge is 0.467 e. The number of carbonyl (C=O) groups is 4. The SMILES string of the molecule is COC(=O)C1Cc2nc[nH]c2CN1C(=O)CN1C(=O)c2ccc([N+](=O)[O-])cc2C1=O. The van der Waals surface area contributed by atoms with Gasteiger partial charge in [-0.15, -0.1) is 0 Å². The van der Waals surface area contributed by atoms with Crippen molar-refractivity contribution in [1.82, 2.24) is 19.8 Å². The Morgan fingerprint density at radius 2 is 2.03 bits per heavy atom. The van der Waals surface area contributed by atoms with Gasteiger partial charge in [0.2, 0.25) is 5.91 Å².